The van der Waals surface area contributed by atoms with Crippen LogP contribution in [0, 0.1) is 11.8 Å². The van der Waals surface area contributed by atoms with Gasteiger partial charge in [0.1, 0.15) is 11.8 Å². The summed E-state index contributed by atoms with van der Waals surface area (Å²) in [6, 6.07) is 0.136. The molecule has 262 valence electrons. The predicted octanol–water partition coefficient (Wildman–Crippen LogP) is 5.84. The van der Waals surface area contributed by atoms with Crippen molar-refractivity contribution in [3.05, 3.63) is 44.6 Å². The zero-order valence-electron chi connectivity index (χ0n) is 26.9. The van der Waals surface area contributed by atoms with Crippen molar-refractivity contribution in [3.63, 3.8) is 0 Å². The molecule has 4 aliphatic heterocycles. The molecule has 1 atom stereocenters. The first kappa shape index (κ1) is 34.6. The lowest BCUT2D eigenvalue weighted by Gasteiger charge is -2.41. The van der Waals surface area contributed by atoms with Gasteiger partial charge in [0, 0.05) is 49.6 Å². The fourth-order valence-electron chi connectivity index (χ4n) is 7.65. The third kappa shape index (κ3) is 7.65. The fourth-order valence-corrected chi connectivity index (χ4v) is 8.67. The fraction of sp³-hybridized carbons (Fsp3) is 0.606. The number of urea groups is 2. The van der Waals surface area contributed by atoms with Crippen LogP contribution in [0.3, 0.4) is 0 Å². The molecule has 0 spiro atoms. The van der Waals surface area contributed by atoms with Crippen molar-refractivity contribution in [1.82, 2.24) is 24.9 Å². The topological polar surface area (TPSA) is 108 Å². The lowest BCUT2D eigenvalue weighted by Crippen LogP contribution is -2.57. The van der Waals surface area contributed by atoms with E-state index in [1.54, 1.807) is 14.7 Å². The van der Waals surface area contributed by atoms with Crippen LogP contribution in [0.15, 0.2) is 22.9 Å². The summed E-state index contributed by atoms with van der Waals surface area (Å²) in [5.41, 5.74) is 0.670. The van der Waals surface area contributed by atoms with Crippen molar-refractivity contribution in [2.45, 2.75) is 69.8 Å². The number of likely N-dealkylation sites (tertiary alicyclic amines) is 3. The van der Waals surface area contributed by atoms with Gasteiger partial charge in [-0.25, -0.2) is 9.59 Å². The van der Waals surface area contributed by atoms with E-state index in [9.17, 15) is 32.7 Å². The summed E-state index contributed by atoms with van der Waals surface area (Å²) >= 11 is 7.53. The van der Waals surface area contributed by atoms with Crippen LogP contribution in [-0.4, -0.2) is 101 Å². The Balaban J connectivity index is 1.13. The number of hydrogen-bond acceptors (Lipinski definition) is 6. The number of alkyl halides is 3. The number of anilines is 1. The molecule has 0 saturated carbocycles. The first-order valence-corrected chi connectivity index (χ1v) is 17.9. The molecule has 0 radical (unpaired) electrons. The van der Waals surface area contributed by atoms with Gasteiger partial charge < -0.3 is 35.3 Å². The van der Waals surface area contributed by atoms with Gasteiger partial charge in [-0.2, -0.15) is 13.2 Å². The molecular weight excluding hydrogens is 669 g/mol. The molecule has 2 aromatic rings. The molecule has 15 heteroatoms. The summed E-state index contributed by atoms with van der Waals surface area (Å²) in [5.74, 6) is -0.304. The number of nitrogens with zero attached hydrogens (tertiary/aromatic N) is 4. The van der Waals surface area contributed by atoms with Gasteiger partial charge in [0.05, 0.1) is 22.8 Å². The summed E-state index contributed by atoms with van der Waals surface area (Å²) in [5, 5.41) is 19.2. The van der Waals surface area contributed by atoms with E-state index in [4.69, 9.17) is 11.6 Å². The summed E-state index contributed by atoms with van der Waals surface area (Å²) in [4.78, 5) is 47.8. The number of carbonyl (C=O) groups excluding carboxylic acids is 3. The molecule has 4 aliphatic rings. The van der Waals surface area contributed by atoms with Gasteiger partial charge in [-0.1, -0.05) is 11.6 Å². The van der Waals surface area contributed by atoms with E-state index in [0.717, 1.165) is 56.1 Å². The van der Waals surface area contributed by atoms with Crippen LogP contribution in [0.25, 0.3) is 0 Å². The quantitative estimate of drug-likeness (QED) is 0.349. The van der Waals surface area contributed by atoms with E-state index in [0.29, 0.717) is 57.4 Å². The number of amides is 5. The zero-order valence-corrected chi connectivity index (χ0v) is 28.5. The number of phenolic OH excluding ortho intramolecular Hbond substituents is 1. The third-order valence-corrected chi connectivity index (χ3v) is 11.6. The molecule has 1 aromatic carbocycles. The Morgan fingerprint density at radius 1 is 1.00 bits per heavy atom. The Morgan fingerprint density at radius 2 is 1.62 bits per heavy atom. The number of fused-ring (bicyclic) bond motifs is 1. The second kappa shape index (κ2) is 14.3. The maximum atomic E-state index is 14.0. The Morgan fingerprint density at radius 3 is 2.27 bits per heavy atom. The monoisotopic (exact) mass is 710 g/mol. The zero-order chi connectivity index (χ0) is 34.2. The number of hydrogen-bond donors (Lipinski definition) is 3. The molecule has 10 nitrogen and oxygen atoms in total. The van der Waals surface area contributed by atoms with Crippen molar-refractivity contribution in [2.24, 2.45) is 11.8 Å². The highest BCUT2D eigenvalue weighted by atomic mass is 35.5. The summed E-state index contributed by atoms with van der Waals surface area (Å²) in [7, 11) is 2.12. The van der Waals surface area contributed by atoms with E-state index in [1.165, 1.54) is 17.4 Å². The largest absolute Gasteiger partial charge is 0.506 e. The number of halogens is 4. The molecule has 0 bridgehead atoms. The highest BCUT2D eigenvalue weighted by molar-refractivity contribution is 7.08. The molecule has 0 aliphatic carbocycles. The highest BCUT2D eigenvalue weighted by Crippen LogP contribution is 2.41. The number of thiophene rings is 1. The summed E-state index contributed by atoms with van der Waals surface area (Å²) in [6.45, 7) is 4.35. The molecule has 3 saturated heterocycles. The van der Waals surface area contributed by atoms with Gasteiger partial charge >= 0.3 is 18.2 Å². The van der Waals surface area contributed by atoms with E-state index >= 15 is 0 Å². The Hall–Kier alpha value is -3.23. The predicted molar refractivity (Wildman–Crippen MR) is 177 cm³/mol. The SMILES string of the molecule is CN1CCC(C2CCN(C(=O)[C@@H](Cc3cc(Cl)c(O)c(C(F)(F)F)c3)NC(=O)N3CCC(N4Cc5cscc5NC4=O)CC3)CC2)CC1. The standard InChI is InChI=1S/C33H42ClF3N6O4S/c1-40-8-2-21(3-9-40)22-4-10-41(11-5-22)30(45)27(16-20-14-25(33(35,36)37)29(44)26(34)15-20)38-31(46)42-12-6-24(7-13-42)43-17-23-18-48-19-28(23)39-32(43)47/h14-15,18-19,21-22,24,27,44H,2-13,16-17H2,1H3,(H,38,46)(H,39,47)/t27-/m1/s1. The Bertz CT molecular complexity index is 1500. The Labute approximate surface area is 287 Å². The van der Waals surface area contributed by atoms with Crippen LogP contribution in [0.5, 0.6) is 5.75 Å². The number of piperidine rings is 3. The third-order valence-electron chi connectivity index (χ3n) is 10.5. The van der Waals surface area contributed by atoms with Gasteiger partial charge in [0.2, 0.25) is 5.91 Å². The number of nitrogens with one attached hydrogen (secondary N) is 2. The van der Waals surface area contributed by atoms with Gasteiger partial charge in [0.15, 0.2) is 0 Å². The maximum absolute atomic E-state index is 14.0. The normalized spacial score (nSPS) is 21.2. The first-order chi connectivity index (χ1) is 22.9. The van der Waals surface area contributed by atoms with Crippen LogP contribution in [0.2, 0.25) is 5.02 Å². The van der Waals surface area contributed by atoms with E-state index < -0.39 is 34.6 Å². The number of rotatable bonds is 6. The first-order valence-electron chi connectivity index (χ1n) is 16.6. The minimum atomic E-state index is -4.86. The molecular formula is C33H42ClF3N6O4S. The molecule has 5 heterocycles. The number of benzene rings is 1. The van der Waals surface area contributed by atoms with Crippen LogP contribution < -0.4 is 10.6 Å². The van der Waals surface area contributed by atoms with Crippen molar-refractivity contribution < 1.29 is 32.7 Å². The van der Waals surface area contributed by atoms with Gasteiger partial charge in [0.25, 0.3) is 0 Å². The second-order valence-electron chi connectivity index (χ2n) is 13.6. The smallest absolute Gasteiger partial charge is 0.420 e. The number of carbonyl (C=O) groups is 3. The lowest BCUT2D eigenvalue weighted by molar-refractivity contribution is -0.138. The van der Waals surface area contributed by atoms with Gasteiger partial charge in [-0.05, 0) is 93.6 Å². The molecule has 0 unspecified atom stereocenters. The van der Waals surface area contributed by atoms with Crippen molar-refractivity contribution in [2.75, 3.05) is 51.6 Å². The molecule has 1 aromatic heterocycles. The summed E-state index contributed by atoms with van der Waals surface area (Å²) in [6.07, 6.45) is -0.0458. The van der Waals surface area contributed by atoms with Gasteiger partial charge in [-0.3, -0.25) is 4.79 Å². The molecule has 6 rings (SSSR count). The average molecular weight is 711 g/mol. The molecule has 48 heavy (non-hydrogen) atoms. The van der Waals surface area contributed by atoms with Crippen molar-refractivity contribution >= 4 is 46.6 Å². The number of aromatic hydroxyl groups is 1. The minimum Gasteiger partial charge on any atom is -0.506 e. The van der Waals surface area contributed by atoms with Crippen LogP contribution in [0.1, 0.15) is 55.2 Å². The average Bonchev–Trinajstić information content (AvgIpc) is 3.52. The van der Waals surface area contributed by atoms with Crippen LogP contribution in [-0.2, 0) is 23.9 Å². The lowest BCUT2D eigenvalue weighted by atomic mass is 9.79. The van der Waals surface area contributed by atoms with Gasteiger partial charge in [-0.15, -0.1) is 11.3 Å². The van der Waals surface area contributed by atoms with Crippen LogP contribution >= 0.6 is 22.9 Å². The molecule has 5 amide bonds. The molecule has 3 N–H and O–H groups in total. The molecule has 3 fully saturated rings. The summed E-state index contributed by atoms with van der Waals surface area (Å²) < 4.78 is 41.1. The van der Waals surface area contributed by atoms with E-state index in [-0.39, 0.29) is 30.0 Å². The van der Waals surface area contributed by atoms with E-state index in [1.807, 2.05) is 10.8 Å². The maximum Gasteiger partial charge on any atom is 0.420 e. The number of phenols is 1. The second-order valence-corrected chi connectivity index (χ2v) is 14.7. The minimum absolute atomic E-state index is 0.0645. The van der Waals surface area contributed by atoms with E-state index in [2.05, 4.69) is 22.6 Å². The van der Waals surface area contributed by atoms with Crippen molar-refractivity contribution in [1.29, 1.82) is 0 Å². The Kier molecular flexibility index (Phi) is 10.3. The van der Waals surface area contributed by atoms with Crippen LogP contribution in [0.4, 0.5) is 28.4 Å². The highest BCUT2D eigenvalue weighted by Gasteiger charge is 2.38. The van der Waals surface area contributed by atoms with Crippen molar-refractivity contribution in [3.8, 4) is 5.75 Å².